The molecule has 0 aliphatic carbocycles. The average molecular weight is 359 g/mol. The molecule has 7 nitrogen and oxygen atoms in total. The Balaban J connectivity index is 2.32. The predicted molar refractivity (Wildman–Crippen MR) is 75.6 cm³/mol. The molecule has 0 N–H and O–H groups in total. The van der Waals surface area contributed by atoms with Crippen LogP contribution >= 0.6 is 11.8 Å². The molecule has 0 aliphatic rings. The van der Waals surface area contributed by atoms with Crippen molar-refractivity contribution in [3.8, 4) is 0 Å². The third-order valence-corrected chi connectivity index (χ3v) is 3.67. The van der Waals surface area contributed by atoms with Crippen LogP contribution in [0.3, 0.4) is 0 Å². The first-order valence-corrected chi connectivity index (χ1v) is 6.98. The highest BCUT2D eigenvalue weighted by Crippen LogP contribution is 2.34. The summed E-state index contributed by atoms with van der Waals surface area (Å²) >= 11 is 0.707. The van der Waals surface area contributed by atoms with Crippen molar-refractivity contribution in [2.75, 3.05) is 7.11 Å². The Hall–Kier alpha value is -2.69. The van der Waals surface area contributed by atoms with E-state index in [1.807, 2.05) is 0 Å². The van der Waals surface area contributed by atoms with E-state index in [0.717, 1.165) is 31.5 Å². The van der Waals surface area contributed by atoms with Gasteiger partial charge in [0.15, 0.2) is 5.03 Å². The topological polar surface area (TPSA) is 95.2 Å². The van der Waals surface area contributed by atoms with Gasteiger partial charge in [0.1, 0.15) is 5.03 Å². The molecule has 126 valence electrons. The Labute approximate surface area is 137 Å². The van der Waals surface area contributed by atoms with Crippen LogP contribution in [-0.2, 0) is 10.9 Å². The number of pyridine rings is 2. The second-order valence-electron chi connectivity index (χ2n) is 4.28. The zero-order chi connectivity index (χ0) is 17.9. The summed E-state index contributed by atoms with van der Waals surface area (Å²) in [6, 6.07) is 2.86. The molecule has 0 amide bonds. The van der Waals surface area contributed by atoms with E-state index in [4.69, 9.17) is 0 Å². The molecule has 24 heavy (non-hydrogen) atoms. The van der Waals surface area contributed by atoms with Crippen molar-refractivity contribution in [2.45, 2.75) is 16.2 Å². The second-order valence-corrected chi connectivity index (χ2v) is 5.29. The van der Waals surface area contributed by atoms with E-state index in [1.165, 1.54) is 0 Å². The Bertz CT molecular complexity index is 781. The summed E-state index contributed by atoms with van der Waals surface area (Å²) in [5.74, 6) is -0.796. The maximum Gasteiger partial charge on any atom is 0.417 e. The first kappa shape index (κ1) is 17.7. The predicted octanol–water partition coefficient (Wildman–Crippen LogP) is 3.34. The van der Waals surface area contributed by atoms with Gasteiger partial charge in [0, 0.05) is 18.5 Å². The zero-order valence-electron chi connectivity index (χ0n) is 11.9. The molecular weight excluding hydrogens is 351 g/mol. The second kappa shape index (κ2) is 6.83. The van der Waals surface area contributed by atoms with Gasteiger partial charge >= 0.3 is 17.8 Å². The molecule has 0 radical (unpaired) electrons. The highest BCUT2D eigenvalue weighted by molar-refractivity contribution is 7.99. The Morgan fingerprint density at radius 1 is 1.29 bits per heavy atom. The van der Waals surface area contributed by atoms with Gasteiger partial charge in [-0.15, -0.1) is 0 Å². The molecular formula is C13H8F3N3O4S. The van der Waals surface area contributed by atoms with Crippen LogP contribution in [0.15, 0.2) is 40.6 Å². The van der Waals surface area contributed by atoms with E-state index < -0.39 is 28.3 Å². The molecule has 0 saturated carbocycles. The monoisotopic (exact) mass is 359 g/mol. The van der Waals surface area contributed by atoms with Crippen LogP contribution in [0.4, 0.5) is 18.9 Å². The normalized spacial score (nSPS) is 11.2. The van der Waals surface area contributed by atoms with Gasteiger partial charge in [-0.2, -0.15) is 13.2 Å². The Morgan fingerprint density at radius 2 is 2.00 bits per heavy atom. The summed E-state index contributed by atoms with van der Waals surface area (Å²) in [4.78, 5) is 29.1. The third kappa shape index (κ3) is 3.98. The third-order valence-electron chi connectivity index (χ3n) is 2.71. The minimum absolute atomic E-state index is 0.0874. The van der Waals surface area contributed by atoms with Gasteiger partial charge in [-0.1, -0.05) is 0 Å². The molecule has 0 spiro atoms. The quantitative estimate of drug-likeness (QED) is 0.469. The number of esters is 1. The maximum absolute atomic E-state index is 12.5. The Morgan fingerprint density at radius 3 is 2.50 bits per heavy atom. The lowest BCUT2D eigenvalue weighted by Crippen LogP contribution is -2.05. The lowest BCUT2D eigenvalue weighted by molar-refractivity contribution is -0.388. The molecule has 0 atom stereocenters. The maximum atomic E-state index is 12.5. The number of carbonyl (C=O) groups excluding carboxylic acids is 1. The number of halogens is 3. The van der Waals surface area contributed by atoms with Crippen LogP contribution in [0.1, 0.15) is 15.9 Å². The van der Waals surface area contributed by atoms with Crippen LogP contribution in [0.5, 0.6) is 0 Å². The average Bonchev–Trinajstić information content (AvgIpc) is 2.54. The van der Waals surface area contributed by atoms with E-state index in [0.29, 0.717) is 18.0 Å². The number of alkyl halides is 3. The summed E-state index contributed by atoms with van der Waals surface area (Å²) in [5.41, 5.74) is -1.53. The van der Waals surface area contributed by atoms with E-state index in [9.17, 15) is 28.1 Å². The van der Waals surface area contributed by atoms with Crippen molar-refractivity contribution >= 4 is 23.4 Å². The molecule has 0 aromatic carbocycles. The fraction of sp³-hybridized carbons (Fsp3) is 0.154. The lowest BCUT2D eigenvalue weighted by atomic mass is 10.3. The minimum atomic E-state index is -4.53. The molecule has 11 heteroatoms. The van der Waals surface area contributed by atoms with Gasteiger partial charge in [0.25, 0.3) is 0 Å². The molecule has 0 bridgehead atoms. The van der Waals surface area contributed by atoms with Crippen molar-refractivity contribution in [3.63, 3.8) is 0 Å². The SMILES string of the molecule is COC(=O)c1cnc(Sc2ccc(C(F)(F)F)cn2)c([N+](=O)[O-])c1. The van der Waals surface area contributed by atoms with Crippen molar-refractivity contribution < 1.29 is 27.6 Å². The lowest BCUT2D eigenvalue weighted by Gasteiger charge is -2.07. The van der Waals surface area contributed by atoms with Gasteiger partial charge in [-0.05, 0) is 23.9 Å². The number of carbonyl (C=O) groups is 1. The van der Waals surface area contributed by atoms with Crippen molar-refractivity contribution in [1.82, 2.24) is 9.97 Å². The molecule has 2 aromatic rings. The first-order valence-electron chi connectivity index (χ1n) is 6.16. The van der Waals surface area contributed by atoms with Crippen LogP contribution in [0.2, 0.25) is 0 Å². The number of hydrogen-bond acceptors (Lipinski definition) is 7. The number of rotatable bonds is 4. The van der Waals surface area contributed by atoms with Crippen molar-refractivity contribution in [1.29, 1.82) is 0 Å². The zero-order valence-corrected chi connectivity index (χ0v) is 12.7. The number of hydrogen-bond donors (Lipinski definition) is 0. The summed E-state index contributed by atoms with van der Waals surface area (Å²) in [5, 5.41) is 11.1. The number of nitro groups is 1. The molecule has 0 unspecified atom stereocenters. The molecule has 0 saturated heterocycles. The van der Waals surface area contributed by atoms with E-state index in [1.54, 1.807) is 0 Å². The standard InChI is InChI=1S/C13H8F3N3O4S/c1-23-12(20)7-4-9(19(21)22)11(18-5-7)24-10-3-2-8(6-17-10)13(14,15)16/h2-6H,1H3. The van der Waals surface area contributed by atoms with Crippen LogP contribution < -0.4 is 0 Å². The van der Waals surface area contributed by atoms with Gasteiger partial charge in [-0.3, -0.25) is 10.1 Å². The summed E-state index contributed by atoms with van der Waals surface area (Å²) < 4.78 is 41.9. The molecule has 2 aromatic heterocycles. The van der Waals surface area contributed by atoms with Crippen molar-refractivity contribution in [2.24, 2.45) is 0 Å². The Kier molecular flexibility index (Phi) is 5.02. The van der Waals surface area contributed by atoms with E-state index >= 15 is 0 Å². The largest absolute Gasteiger partial charge is 0.465 e. The molecule has 2 rings (SSSR count). The molecule has 0 fully saturated rings. The van der Waals surface area contributed by atoms with Gasteiger partial charge in [0.05, 0.1) is 23.2 Å². The van der Waals surface area contributed by atoms with Crippen molar-refractivity contribution in [3.05, 3.63) is 51.8 Å². The first-order chi connectivity index (χ1) is 11.2. The van der Waals surface area contributed by atoms with Crippen LogP contribution in [0, 0.1) is 10.1 Å². The van der Waals surface area contributed by atoms with E-state index in [2.05, 4.69) is 14.7 Å². The number of nitrogens with zero attached hydrogens (tertiary/aromatic N) is 3. The summed E-state index contributed by atoms with van der Waals surface area (Å²) in [6.07, 6.45) is -2.83. The van der Waals surface area contributed by atoms with Gasteiger partial charge in [0.2, 0.25) is 0 Å². The van der Waals surface area contributed by atoms with E-state index in [-0.39, 0.29) is 15.6 Å². The van der Waals surface area contributed by atoms with Crippen LogP contribution in [0.25, 0.3) is 0 Å². The fourth-order valence-electron chi connectivity index (χ4n) is 1.59. The minimum Gasteiger partial charge on any atom is -0.465 e. The molecule has 0 aliphatic heterocycles. The number of ether oxygens (including phenoxy) is 1. The highest BCUT2D eigenvalue weighted by atomic mass is 32.2. The fourth-order valence-corrected chi connectivity index (χ4v) is 2.37. The summed E-state index contributed by atoms with van der Waals surface area (Å²) in [6.45, 7) is 0. The molecule has 2 heterocycles. The van der Waals surface area contributed by atoms with Gasteiger partial charge < -0.3 is 4.74 Å². The highest BCUT2D eigenvalue weighted by Gasteiger charge is 2.30. The van der Waals surface area contributed by atoms with Crippen LogP contribution in [-0.4, -0.2) is 28.0 Å². The smallest absolute Gasteiger partial charge is 0.417 e. The van der Waals surface area contributed by atoms with Gasteiger partial charge in [-0.25, -0.2) is 14.8 Å². The summed E-state index contributed by atoms with van der Waals surface area (Å²) in [7, 11) is 1.11. The number of aromatic nitrogens is 2. The number of methoxy groups -OCH3 is 1.